The first-order valence-corrected chi connectivity index (χ1v) is 7.06. The molecule has 0 spiro atoms. The summed E-state index contributed by atoms with van der Waals surface area (Å²) in [6.07, 6.45) is 0. The Balaban J connectivity index is 2.56. The molecular formula is C9H20N4O3S. The molecule has 0 unspecified atom stereocenters. The van der Waals surface area contributed by atoms with Crippen LogP contribution in [0.2, 0.25) is 0 Å². The van der Waals surface area contributed by atoms with E-state index >= 15 is 0 Å². The molecule has 0 saturated carbocycles. The van der Waals surface area contributed by atoms with Gasteiger partial charge in [0.25, 0.3) is 10.2 Å². The van der Waals surface area contributed by atoms with Crippen LogP contribution in [0, 0.1) is 5.92 Å². The van der Waals surface area contributed by atoms with Crippen LogP contribution in [0.25, 0.3) is 0 Å². The van der Waals surface area contributed by atoms with Crippen molar-refractivity contribution in [3.63, 3.8) is 0 Å². The Morgan fingerprint density at radius 2 is 1.65 bits per heavy atom. The second-order valence-corrected chi connectivity index (χ2v) is 6.09. The summed E-state index contributed by atoms with van der Waals surface area (Å²) in [6.45, 7) is 4.91. The molecule has 0 aromatic carbocycles. The molecule has 4 N–H and O–H groups in total. The Hall–Kier alpha value is -0.700. The van der Waals surface area contributed by atoms with E-state index in [9.17, 15) is 13.2 Å². The van der Waals surface area contributed by atoms with Crippen molar-refractivity contribution in [2.24, 2.45) is 16.8 Å². The van der Waals surface area contributed by atoms with Crippen LogP contribution < -0.4 is 10.9 Å². The van der Waals surface area contributed by atoms with Gasteiger partial charge in [-0.15, -0.1) is 0 Å². The van der Waals surface area contributed by atoms with Crippen molar-refractivity contribution in [1.29, 1.82) is 0 Å². The summed E-state index contributed by atoms with van der Waals surface area (Å²) >= 11 is 0. The average molecular weight is 264 g/mol. The molecule has 1 saturated heterocycles. The molecule has 1 fully saturated rings. The molecule has 100 valence electrons. The Kier molecular flexibility index (Phi) is 4.48. The second-order valence-electron chi connectivity index (χ2n) is 4.54. The van der Waals surface area contributed by atoms with Gasteiger partial charge in [-0.1, -0.05) is 13.8 Å². The molecule has 0 bridgehead atoms. The van der Waals surface area contributed by atoms with Gasteiger partial charge in [0, 0.05) is 26.2 Å². The van der Waals surface area contributed by atoms with Gasteiger partial charge >= 0.3 is 0 Å². The minimum atomic E-state index is -3.65. The molecule has 7 nitrogen and oxygen atoms in total. The van der Waals surface area contributed by atoms with E-state index in [4.69, 9.17) is 10.9 Å². The van der Waals surface area contributed by atoms with Crippen LogP contribution in [0.5, 0.6) is 0 Å². The normalized spacial score (nSPS) is 20.6. The van der Waals surface area contributed by atoms with E-state index in [-0.39, 0.29) is 24.9 Å². The summed E-state index contributed by atoms with van der Waals surface area (Å²) in [5.41, 5.74) is 5.76. The number of rotatable bonds is 3. The second kappa shape index (κ2) is 5.30. The largest absolute Gasteiger partial charge is 0.339 e. The van der Waals surface area contributed by atoms with E-state index in [1.165, 1.54) is 0 Å². The highest BCUT2D eigenvalue weighted by Crippen LogP contribution is 2.08. The lowest BCUT2D eigenvalue weighted by molar-refractivity contribution is -0.134. The first-order chi connectivity index (χ1) is 7.73. The SMILES string of the molecule is CC(C)[C@@H](N)C(=O)N1CCN(S(N)(=O)=O)CC1. The number of hydrogen-bond acceptors (Lipinski definition) is 4. The summed E-state index contributed by atoms with van der Waals surface area (Å²) in [6, 6.07) is -0.531. The smallest absolute Gasteiger partial charge is 0.277 e. The third-order valence-corrected chi connectivity index (χ3v) is 4.00. The number of hydrogen-bond donors (Lipinski definition) is 2. The van der Waals surface area contributed by atoms with Crippen LogP contribution >= 0.6 is 0 Å². The fraction of sp³-hybridized carbons (Fsp3) is 0.889. The van der Waals surface area contributed by atoms with Crippen molar-refractivity contribution in [2.75, 3.05) is 26.2 Å². The van der Waals surface area contributed by atoms with Gasteiger partial charge in [-0.3, -0.25) is 4.79 Å². The molecule has 0 aromatic rings. The van der Waals surface area contributed by atoms with Crippen molar-refractivity contribution < 1.29 is 13.2 Å². The van der Waals surface area contributed by atoms with Crippen molar-refractivity contribution >= 4 is 16.1 Å². The monoisotopic (exact) mass is 264 g/mol. The summed E-state index contributed by atoms with van der Waals surface area (Å²) in [5.74, 6) is -0.0622. The predicted molar refractivity (Wildman–Crippen MR) is 64.1 cm³/mol. The van der Waals surface area contributed by atoms with Crippen LogP contribution in [0.4, 0.5) is 0 Å². The van der Waals surface area contributed by atoms with Crippen molar-refractivity contribution in [3.05, 3.63) is 0 Å². The number of amides is 1. The van der Waals surface area contributed by atoms with Crippen molar-refractivity contribution in [3.8, 4) is 0 Å². The van der Waals surface area contributed by atoms with Gasteiger partial charge in [0.2, 0.25) is 5.91 Å². The fourth-order valence-corrected chi connectivity index (χ4v) is 2.33. The standard InChI is InChI=1S/C9H20N4O3S/c1-7(2)8(10)9(14)12-3-5-13(6-4-12)17(11,15)16/h7-8H,3-6,10H2,1-2H3,(H2,11,15,16)/t8-/m1/s1. The van der Waals surface area contributed by atoms with Crippen molar-refractivity contribution in [2.45, 2.75) is 19.9 Å². The molecule has 8 heteroatoms. The number of piperazine rings is 1. The molecule has 1 atom stereocenters. The molecule has 1 rings (SSSR count). The molecule has 0 aromatic heterocycles. The van der Waals surface area contributed by atoms with Crippen molar-refractivity contribution in [1.82, 2.24) is 9.21 Å². The minimum absolute atomic E-state index is 0.0683. The quantitative estimate of drug-likeness (QED) is 0.634. The molecule has 1 aliphatic heterocycles. The molecular weight excluding hydrogens is 244 g/mol. The van der Waals surface area contributed by atoms with Gasteiger partial charge in [-0.25, -0.2) is 5.14 Å². The lowest BCUT2D eigenvalue weighted by atomic mass is 10.0. The number of carbonyl (C=O) groups excluding carboxylic acids is 1. The highest BCUT2D eigenvalue weighted by molar-refractivity contribution is 7.86. The molecule has 17 heavy (non-hydrogen) atoms. The molecule has 1 aliphatic rings. The zero-order valence-electron chi connectivity index (χ0n) is 10.2. The summed E-state index contributed by atoms with van der Waals surface area (Å²) < 4.78 is 23.3. The lowest BCUT2D eigenvalue weighted by Crippen LogP contribution is -2.56. The third-order valence-electron chi connectivity index (χ3n) is 2.91. The van der Waals surface area contributed by atoms with Crippen LogP contribution in [0.15, 0.2) is 0 Å². The molecule has 0 radical (unpaired) electrons. The van der Waals surface area contributed by atoms with E-state index in [1.807, 2.05) is 13.8 Å². The maximum atomic E-state index is 11.9. The van der Waals surface area contributed by atoms with Gasteiger partial charge in [0.15, 0.2) is 0 Å². The van der Waals surface area contributed by atoms with Gasteiger partial charge < -0.3 is 10.6 Å². The first-order valence-electron chi connectivity index (χ1n) is 5.55. The topological polar surface area (TPSA) is 110 Å². The molecule has 0 aliphatic carbocycles. The predicted octanol–water partition coefficient (Wildman–Crippen LogP) is -1.68. The van der Waals surface area contributed by atoms with Crippen LogP contribution in [-0.2, 0) is 15.0 Å². The minimum Gasteiger partial charge on any atom is -0.339 e. The lowest BCUT2D eigenvalue weighted by Gasteiger charge is -2.34. The van der Waals surface area contributed by atoms with E-state index in [2.05, 4.69) is 0 Å². The van der Waals surface area contributed by atoms with Crippen LogP contribution in [-0.4, -0.2) is 55.8 Å². The number of nitrogens with two attached hydrogens (primary N) is 2. The van der Waals surface area contributed by atoms with Gasteiger partial charge in [-0.2, -0.15) is 12.7 Å². The Bertz CT molecular complexity index is 374. The number of carbonyl (C=O) groups is 1. The maximum absolute atomic E-state index is 11.9. The Labute approximate surface area is 102 Å². The maximum Gasteiger partial charge on any atom is 0.277 e. The Morgan fingerprint density at radius 3 is 2.00 bits per heavy atom. The van der Waals surface area contributed by atoms with Gasteiger partial charge in [0.05, 0.1) is 6.04 Å². The van der Waals surface area contributed by atoms with E-state index in [0.717, 1.165) is 4.31 Å². The average Bonchev–Trinajstić information content (AvgIpc) is 2.26. The summed E-state index contributed by atoms with van der Waals surface area (Å²) in [4.78, 5) is 13.5. The molecule has 1 amide bonds. The van der Waals surface area contributed by atoms with Crippen LogP contribution in [0.3, 0.4) is 0 Å². The first kappa shape index (κ1) is 14.4. The summed E-state index contributed by atoms with van der Waals surface area (Å²) in [7, 11) is -3.65. The van der Waals surface area contributed by atoms with E-state index in [0.29, 0.717) is 13.1 Å². The molecule has 1 heterocycles. The zero-order valence-corrected chi connectivity index (χ0v) is 11.0. The third kappa shape index (κ3) is 3.63. The van der Waals surface area contributed by atoms with Gasteiger partial charge in [0.1, 0.15) is 0 Å². The summed E-state index contributed by atoms with van der Waals surface area (Å²) in [5, 5.41) is 5.01. The zero-order chi connectivity index (χ0) is 13.2. The fourth-order valence-electron chi connectivity index (χ4n) is 1.66. The van der Waals surface area contributed by atoms with Crippen LogP contribution in [0.1, 0.15) is 13.8 Å². The number of nitrogens with zero attached hydrogens (tertiary/aromatic N) is 2. The van der Waals surface area contributed by atoms with E-state index in [1.54, 1.807) is 4.90 Å². The Morgan fingerprint density at radius 1 is 1.18 bits per heavy atom. The highest BCUT2D eigenvalue weighted by atomic mass is 32.2. The van der Waals surface area contributed by atoms with E-state index < -0.39 is 16.3 Å². The van der Waals surface area contributed by atoms with Gasteiger partial charge in [-0.05, 0) is 5.92 Å². The highest BCUT2D eigenvalue weighted by Gasteiger charge is 2.29.